The van der Waals surface area contributed by atoms with Crippen LogP contribution in [0.4, 0.5) is 4.39 Å². The van der Waals surface area contributed by atoms with Crippen LogP contribution >= 0.6 is 11.3 Å². The van der Waals surface area contributed by atoms with Gasteiger partial charge < -0.3 is 0 Å². The molecule has 1 heterocycles. The van der Waals surface area contributed by atoms with Crippen LogP contribution in [0, 0.1) is 12.7 Å². The van der Waals surface area contributed by atoms with Gasteiger partial charge in [-0.3, -0.25) is 4.79 Å². The van der Waals surface area contributed by atoms with Crippen LogP contribution in [0.5, 0.6) is 0 Å². The van der Waals surface area contributed by atoms with Crippen LogP contribution in [-0.4, -0.2) is 5.78 Å². The standard InChI is InChI=1S/C15H15FOS/c1-11-10-12(16)7-8-14(11)15(17)6-2-4-13-5-3-9-18-13/h3,5,7-10H,2,4,6H2,1H3. The Morgan fingerprint density at radius 3 is 2.83 bits per heavy atom. The molecule has 0 spiro atoms. The molecular weight excluding hydrogens is 247 g/mol. The van der Waals surface area contributed by atoms with Crippen LogP contribution in [0.2, 0.25) is 0 Å². The maximum atomic E-state index is 12.9. The van der Waals surface area contributed by atoms with Crippen LogP contribution in [0.3, 0.4) is 0 Å². The number of rotatable bonds is 5. The Morgan fingerprint density at radius 2 is 2.17 bits per heavy atom. The van der Waals surface area contributed by atoms with Crippen LogP contribution in [0.15, 0.2) is 35.7 Å². The Balaban J connectivity index is 1.91. The molecule has 2 rings (SSSR count). The van der Waals surface area contributed by atoms with E-state index in [0.29, 0.717) is 12.0 Å². The molecule has 18 heavy (non-hydrogen) atoms. The van der Waals surface area contributed by atoms with E-state index < -0.39 is 0 Å². The summed E-state index contributed by atoms with van der Waals surface area (Å²) in [6.07, 6.45) is 2.30. The van der Waals surface area contributed by atoms with Gasteiger partial charge in [-0.2, -0.15) is 0 Å². The molecule has 0 unspecified atom stereocenters. The molecule has 0 atom stereocenters. The van der Waals surface area contributed by atoms with Crippen molar-refractivity contribution in [3.05, 3.63) is 57.5 Å². The lowest BCUT2D eigenvalue weighted by Gasteiger charge is -2.04. The van der Waals surface area contributed by atoms with E-state index in [9.17, 15) is 9.18 Å². The van der Waals surface area contributed by atoms with Crippen molar-refractivity contribution < 1.29 is 9.18 Å². The van der Waals surface area contributed by atoms with Crippen molar-refractivity contribution in [2.24, 2.45) is 0 Å². The number of aryl methyl sites for hydroxylation is 2. The number of ketones is 1. The first-order chi connectivity index (χ1) is 8.66. The number of carbonyl (C=O) groups excluding carboxylic acids is 1. The van der Waals surface area contributed by atoms with E-state index in [1.165, 1.54) is 17.0 Å². The molecule has 0 aliphatic rings. The van der Waals surface area contributed by atoms with E-state index in [2.05, 4.69) is 6.07 Å². The molecule has 1 aromatic heterocycles. The zero-order chi connectivity index (χ0) is 13.0. The van der Waals surface area contributed by atoms with Crippen LogP contribution in [-0.2, 0) is 6.42 Å². The molecule has 0 saturated carbocycles. The first-order valence-corrected chi connectivity index (χ1v) is 6.86. The first kappa shape index (κ1) is 13.0. The van der Waals surface area contributed by atoms with Gasteiger partial charge in [0.15, 0.2) is 5.78 Å². The molecule has 2 aromatic rings. The highest BCUT2D eigenvalue weighted by atomic mass is 32.1. The van der Waals surface area contributed by atoms with Crippen LogP contribution < -0.4 is 0 Å². The molecule has 0 fully saturated rings. The lowest BCUT2D eigenvalue weighted by molar-refractivity contribution is 0.0979. The van der Waals surface area contributed by atoms with Crippen molar-refractivity contribution in [3.63, 3.8) is 0 Å². The maximum Gasteiger partial charge on any atom is 0.163 e. The van der Waals surface area contributed by atoms with Gasteiger partial charge in [-0.1, -0.05) is 6.07 Å². The second kappa shape index (κ2) is 5.91. The Kier molecular flexibility index (Phi) is 4.26. The fourth-order valence-corrected chi connectivity index (χ4v) is 2.70. The molecular formula is C15H15FOS. The SMILES string of the molecule is Cc1cc(F)ccc1C(=O)CCCc1cccs1. The maximum absolute atomic E-state index is 12.9. The summed E-state index contributed by atoms with van der Waals surface area (Å²) in [6, 6.07) is 8.44. The zero-order valence-electron chi connectivity index (χ0n) is 10.3. The summed E-state index contributed by atoms with van der Waals surface area (Å²) in [5.74, 6) is -0.188. The summed E-state index contributed by atoms with van der Waals surface area (Å²) in [7, 11) is 0. The first-order valence-electron chi connectivity index (χ1n) is 5.98. The van der Waals surface area contributed by atoms with E-state index in [-0.39, 0.29) is 11.6 Å². The number of halogens is 1. The Bertz CT molecular complexity index is 531. The monoisotopic (exact) mass is 262 g/mol. The normalized spacial score (nSPS) is 10.6. The molecule has 0 aliphatic carbocycles. The van der Waals surface area contributed by atoms with Gasteiger partial charge in [0.05, 0.1) is 0 Å². The number of thiophene rings is 1. The number of benzene rings is 1. The number of hydrogen-bond donors (Lipinski definition) is 0. The smallest absolute Gasteiger partial charge is 0.163 e. The van der Waals surface area contributed by atoms with Crippen LogP contribution in [0.25, 0.3) is 0 Å². The summed E-state index contributed by atoms with van der Waals surface area (Å²) in [4.78, 5) is 13.3. The van der Waals surface area contributed by atoms with Crippen molar-refractivity contribution in [1.29, 1.82) is 0 Å². The molecule has 1 aromatic carbocycles. The van der Waals surface area contributed by atoms with Gasteiger partial charge in [0.25, 0.3) is 0 Å². The molecule has 1 nitrogen and oxygen atoms in total. The van der Waals surface area contributed by atoms with Gasteiger partial charge in [0.1, 0.15) is 5.82 Å². The highest BCUT2D eigenvalue weighted by Crippen LogP contribution is 2.16. The zero-order valence-corrected chi connectivity index (χ0v) is 11.1. The second-order valence-corrected chi connectivity index (χ2v) is 5.35. The molecule has 0 amide bonds. The molecule has 3 heteroatoms. The summed E-state index contributed by atoms with van der Waals surface area (Å²) in [6.45, 7) is 1.77. The van der Waals surface area contributed by atoms with E-state index in [1.54, 1.807) is 24.3 Å². The molecule has 94 valence electrons. The highest BCUT2D eigenvalue weighted by molar-refractivity contribution is 7.09. The lowest BCUT2D eigenvalue weighted by atomic mass is 10.0. The summed E-state index contributed by atoms with van der Waals surface area (Å²) in [5.41, 5.74) is 1.36. The van der Waals surface area contributed by atoms with Crippen molar-refractivity contribution in [2.75, 3.05) is 0 Å². The Hall–Kier alpha value is -1.48. The predicted molar refractivity (Wildman–Crippen MR) is 72.7 cm³/mol. The molecule has 0 aliphatic heterocycles. The van der Waals surface area contributed by atoms with E-state index in [0.717, 1.165) is 18.4 Å². The van der Waals surface area contributed by atoms with Gasteiger partial charge in [-0.15, -0.1) is 11.3 Å². The number of hydrogen-bond acceptors (Lipinski definition) is 2. The third-order valence-corrected chi connectivity index (χ3v) is 3.83. The van der Waals surface area contributed by atoms with E-state index >= 15 is 0 Å². The van der Waals surface area contributed by atoms with Gasteiger partial charge in [-0.05, 0) is 55.0 Å². The minimum Gasteiger partial charge on any atom is -0.294 e. The largest absolute Gasteiger partial charge is 0.294 e. The molecule has 0 saturated heterocycles. The Morgan fingerprint density at radius 1 is 1.33 bits per heavy atom. The van der Waals surface area contributed by atoms with E-state index in [1.807, 2.05) is 11.4 Å². The second-order valence-electron chi connectivity index (χ2n) is 4.32. The lowest BCUT2D eigenvalue weighted by Crippen LogP contribution is -2.02. The fraction of sp³-hybridized carbons (Fsp3) is 0.267. The highest BCUT2D eigenvalue weighted by Gasteiger charge is 2.09. The van der Waals surface area contributed by atoms with Crippen molar-refractivity contribution in [1.82, 2.24) is 0 Å². The minimum absolute atomic E-state index is 0.101. The van der Waals surface area contributed by atoms with Gasteiger partial charge >= 0.3 is 0 Å². The topological polar surface area (TPSA) is 17.1 Å². The van der Waals surface area contributed by atoms with Crippen molar-refractivity contribution in [2.45, 2.75) is 26.2 Å². The minimum atomic E-state index is -0.289. The quantitative estimate of drug-likeness (QED) is 0.730. The summed E-state index contributed by atoms with van der Waals surface area (Å²) >= 11 is 1.71. The third-order valence-electron chi connectivity index (χ3n) is 2.90. The average Bonchev–Trinajstić information content (AvgIpc) is 2.81. The molecule has 0 radical (unpaired) electrons. The molecule has 0 N–H and O–H groups in total. The average molecular weight is 262 g/mol. The van der Waals surface area contributed by atoms with Crippen molar-refractivity contribution >= 4 is 17.1 Å². The van der Waals surface area contributed by atoms with Crippen molar-refractivity contribution in [3.8, 4) is 0 Å². The van der Waals surface area contributed by atoms with E-state index in [4.69, 9.17) is 0 Å². The van der Waals surface area contributed by atoms with Gasteiger partial charge in [0, 0.05) is 16.9 Å². The van der Waals surface area contributed by atoms with Crippen LogP contribution in [0.1, 0.15) is 33.6 Å². The predicted octanol–water partition coefficient (Wildman–Crippen LogP) is 4.40. The fourth-order valence-electron chi connectivity index (χ4n) is 1.95. The third kappa shape index (κ3) is 3.26. The Labute approximate surface area is 110 Å². The summed E-state index contributed by atoms with van der Waals surface area (Å²) in [5, 5.41) is 2.04. The van der Waals surface area contributed by atoms with Gasteiger partial charge in [0.2, 0.25) is 0 Å². The number of Topliss-reactive ketones (excluding diaryl/α,β-unsaturated/α-hetero) is 1. The summed E-state index contributed by atoms with van der Waals surface area (Å²) < 4.78 is 12.9. The number of carbonyl (C=O) groups is 1. The van der Waals surface area contributed by atoms with Gasteiger partial charge in [-0.25, -0.2) is 4.39 Å². The molecule has 0 bridgehead atoms.